The van der Waals surface area contributed by atoms with Gasteiger partial charge in [0.1, 0.15) is 11.6 Å². The number of carboxylic acids is 1. The van der Waals surface area contributed by atoms with Crippen LogP contribution >= 0.6 is 0 Å². The van der Waals surface area contributed by atoms with Crippen molar-refractivity contribution >= 4 is 17.6 Å². The Balaban J connectivity index is 0.00000363. The van der Waals surface area contributed by atoms with Crippen molar-refractivity contribution in [2.45, 2.75) is 39.2 Å². The van der Waals surface area contributed by atoms with Gasteiger partial charge in [0.05, 0.1) is 29.2 Å². The number of ketones is 1. The first kappa shape index (κ1) is 26.2. The van der Waals surface area contributed by atoms with E-state index in [0.29, 0.717) is 17.5 Å². The summed E-state index contributed by atoms with van der Waals surface area (Å²) in [5.41, 5.74) is 4.98. The molecule has 0 aliphatic rings. The number of hydrogen-bond donors (Lipinski definition) is 2. The Morgan fingerprint density at radius 2 is 1.88 bits per heavy atom. The molecule has 0 atom stereocenters. The number of alkyl halides is 2. The molecule has 32 heavy (non-hydrogen) atoms. The van der Waals surface area contributed by atoms with Crippen LogP contribution in [0.25, 0.3) is 11.3 Å². The molecule has 3 rings (SSSR count). The summed E-state index contributed by atoms with van der Waals surface area (Å²) in [5, 5.41) is 24.5. The number of carboxylic acid groups (broad SMARTS) is 1. The fourth-order valence-electron chi connectivity index (χ4n) is 3.39. The van der Waals surface area contributed by atoms with Crippen LogP contribution in [-0.2, 0) is 19.4 Å². The Kier molecular flexibility index (Phi) is 8.40. The number of rotatable bonds is 8. The number of aromatic carboxylic acids is 1. The molecular weight excluding hydrogens is 451 g/mol. The zero-order valence-corrected chi connectivity index (χ0v) is 20.9. The van der Waals surface area contributed by atoms with Gasteiger partial charge in [-0.3, -0.25) is 4.79 Å². The predicted octanol–water partition coefficient (Wildman–Crippen LogP) is -0.559. The number of carbonyl (C=O) groups excluding carboxylic acids is 2. The molecule has 164 valence electrons. The van der Waals surface area contributed by atoms with E-state index in [-0.39, 0.29) is 81.0 Å². The van der Waals surface area contributed by atoms with Crippen LogP contribution in [0, 0.1) is 0 Å². The maximum Gasteiger partial charge on any atom is 1.00 e. The minimum Gasteiger partial charge on any atom is -0.545 e. The molecule has 0 fully saturated rings. The molecule has 2 heterocycles. The third-order valence-corrected chi connectivity index (χ3v) is 4.98. The van der Waals surface area contributed by atoms with Crippen molar-refractivity contribution in [2.24, 2.45) is 0 Å². The SMILES string of the molecule is CCc1c(CC(F)(F)C(=O)c2cn(CC)c(N)c2C(=O)[O-])noc1-c1ccc(O)cc1.[K+]. The maximum atomic E-state index is 14.9. The van der Waals surface area contributed by atoms with Crippen molar-refractivity contribution in [3.05, 3.63) is 52.8 Å². The predicted molar refractivity (Wildman–Crippen MR) is 105 cm³/mol. The quantitative estimate of drug-likeness (QED) is 0.332. The van der Waals surface area contributed by atoms with Crippen molar-refractivity contribution < 1.29 is 84.5 Å². The normalized spacial score (nSPS) is 11.2. The van der Waals surface area contributed by atoms with Gasteiger partial charge in [0.15, 0.2) is 5.76 Å². The fourth-order valence-corrected chi connectivity index (χ4v) is 3.39. The molecule has 0 spiro atoms. The van der Waals surface area contributed by atoms with Crippen LogP contribution < -0.4 is 62.2 Å². The van der Waals surface area contributed by atoms with Gasteiger partial charge in [-0.1, -0.05) is 12.1 Å². The van der Waals surface area contributed by atoms with Gasteiger partial charge in [0.2, 0.25) is 5.78 Å². The first-order valence-electron chi connectivity index (χ1n) is 9.50. The van der Waals surface area contributed by atoms with E-state index in [2.05, 4.69) is 5.16 Å². The number of aromatic nitrogens is 2. The number of nitrogen functional groups attached to an aromatic ring is 1. The Bertz CT molecular complexity index is 1140. The number of hydrogen-bond acceptors (Lipinski definition) is 7. The Morgan fingerprint density at radius 3 is 2.41 bits per heavy atom. The smallest absolute Gasteiger partial charge is 0.545 e. The maximum absolute atomic E-state index is 14.9. The monoisotopic (exact) mass is 471 g/mol. The largest absolute Gasteiger partial charge is 1.00 e. The topological polar surface area (TPSA) is 134 Å². The summed E-state index contributed by atoms with van der Waals surface area (Å²) < 4.78 is 36.3. The van der Waals surface area contributed by atoms with Crippen LogP contribution in [0.15, 0.2) is 35.0 Å². The van der Waals surface area contributed by atoms with Crippen LogP contribution in [0.1, 0.15) is 45.8 Å². The summed E-state index contributed by atoms with van der Waals surface area (Å²) in [4.78, 5) is 24.0. The number of phenolic OH excluding ortho intramolecular Hbond substituents is 1. The Hall–Kier alpha value is -2.05. The molecule has 8 nitrogen and oxygen atoms in total. The Labute approximate surface area is 224 Å². The van der Waals surface area contributed by atoms with Crippen molar-refractivity contribution in [3.8, 4) is 17.1 Å². The van der Waals surface area contributed by atoms with E-state index >= 15 is 0 Å². The van der Waals surface area contributed by atoms with Gasteiger partial charge < -0.3 is 29.8 Å². The van der Waals surface area contributed by atoms with E-state index in [9.17, 15) is 28.6 Å². The summed E-state index contributed by atoms with van der Waals surface area (Å²) in [6, 6.07) is 5.92. The third kappa shape index (κ3) is 4.96. The average Bonchev–Trinajstić information content (AvgIpc) is 3.27. The minimum absolute atomic E-state index is 0. The molecule has 3 aromatic rings. The minimum atomic E-state index is -3.97. The number of benzene rings is 1. The van der Waals surface area contributed by atoms with E-state index < -0.39 is 35.2 Å². The van der Waals surface area contributed by atoms with E-state index in [1.165, 1.54) is 16.7 Å². The molecular formula is C21H20F2KN3O5. The summed E-state index contributed by atoms with van der Waals surface area (Å²) in [7, 11) is 0. The standard InChI is InChI=1S/C21H21F2N3O5.K/c1-3-13-15(25-31-17(13)11-5-7-12(27)8-6-11)9-21(22,23)18(28)14-10-26(4-2)19(24)16(14)20(29)30;/h5-8,10,27H,3-4,9,24H2,1-2H3,(H,29,30);/q;+1/p-1. The van der Waals surface area contributed by atoms with Gasteiger partial charge in [-0.2, -0.15) is 8.78 Å². The third-order valence-electron chi connectivity index (χ3n) is 4.98. The second-order valence-electron chi connectivity index (χ2n) is 6.92. The molecule has 0 aliphatic heterocycles. The van der Waals surface area contributed by atoms with E-state index in [1.54, 1.807) is 26.0 Å². The van der Waals surface area contributed by atoms with Gasteiger partial charge >= 0.3 is 57.3 Å². The number of Topliss-reactive ketones (excluding diaryl/α,β-unsaturated/α-hetero) is 1. The molecule has 1 aromatic carbocycles. The molecule has 0 radical (unpaired) electrons. The summed E-state index contributed by atoms with van der Waals surface area (Å²) in [5.74, 6) is -7.52. The van der Waals surface area contributed by atoms with Gasteiger partial charge in [0.25, 0.3) is 0 Å². The molecule has 0 aliphatic carbocycles. The first-order chi connectivity index (χ1) is 14.6. The van der Waals surface area contributed by atoms with Crippen molar-refractivity contribution in [1.82, 2.24) is 9.72 Å². The Morgan fingerprint density at radius 1 is 1.25 bits per heavy atom. The van der Waals surface area contributed by atoms with Crippen LogP contribution in [0.3, 0.4) is 0 Å². The van der Waals surface area contributed by atoms with Crippen molar-refractivity contribution in [2.75, 3.05) is 5.73 Å². The van der Waals surface area contributed by atoms with Gasteiger partial charge in [-0.25, -0.2) is 0 Å². The first-order valence-corrected chi connectivity index (χ1v) is 9.50. The number of aryl methyl sites for hydroxylation is 1. The number of carbonyl (C=O) groups is 2. The van der Waals surface area contributed by atoms with Crippen LogP contribution in [0.4, 0.5) is 14.6 Å². The second kappa shape index (κ2) is 10.3. The van der Waals surface area contributed by atoms with Gasteiger partial charge in [0, 0.05) is 23.9 Å². The summed E-state index contributed by atoms with van der Waals surface area (Å²) >= 11 is 0. The van der Waals surface area contributed by atoms with Crippen molar-refractivity contribution in [3.63, 3.8) is 0 Å². The van der Waals surface area contributed by atoms with E-state index in [4.69, 9.17) is 10.3 Å². The molecule has 2 aromatic heterocycles. The average molecular weight is 472 g/mol. The summed E-state index contributed by atoms with van der Waals surface area (Å²) in [6.07, 6.45) is 0.200. The van der Waals surface area contributed by atoms with E-state index in [1.807, 2.05) is 0 Å². The molecule has 0 saturated carbocycles. The van der Waals surface area contributed by atoms with Gasteiger partial charge in [-0.05, 0) is 37.6 Å². The van der Waals surface area contributed by atoms with Crippen LogP contribution in [0.5, 0.6) is 5.75 Å². The molecule has 0 unspecified atom stereocenters. The van der Waals surface area contributed by atoms with Crippen LogP contribution in [0.2, 0.25) is 0 Å². The molecule has 0 saturated heterocycles. The zero-order chi connectivity index (χ0) is 22.9. The number of aromatic hydroxyl groups is 1. The number of anilines is 1. The van der Waals surface area contributed by atoms with Crippen molar-refractivity contribution in [1.29, 1.82) is 0 Å². The molecule has 0 bridgehead atoms. The van der Waals surface area contributed by atoms with Crippen LogP contribution in [-0.4, -0.2) is 32.5 Å². The zero-order valence-electron chi connectivity index (χ0n) is 17.8. The summed E-state index contributed by atoms with van der Waals surface area (Å²) in [6.45, 7) is 3.52. The number of nitrogens with zero attached hydrogens (tertiary/aromatic N) is 2. The molecule has 0 amide bonds. The second-order valence-corrected chi connectivity index (χ2v) is 6.92. The number of halogens is 2. The number of nitrogens with two attached hydrogens (primary N) is 1. The van der Waals surface area contributed by atoms with Gasteiger partial charge in [-0.15, -0.1) is 0 Å². The fraction of sp³-hybridized carbons (Fsp3) is 0.286. The molecule has 3 N–H and O–H groups in total. The number of phenols is 1. The van der Waals surface area contributed by atoms with E-state index in [0.717, 1.165) is 6.20 Å². The molecule has 11 heteroatoms.